The van der Waals surface area contributed by atoms with Crippen molar-refractivity contribution >= 4 is 11.0 Å². The highest BCUT2D eigenvalue weighted by molar-refractivity contribution is 5.96. The van der Waals surface area contributed by atoms with E-state index >= 15 is 0 Å². The molecule has 0 atom stereocenters. The van der Waals surface area contributed by atoms with Gasteiger partial charge in [0.15, 0.2) is 0 Å². The number of fused-ring (bicyclic) bond motifs is 1. The Labute approximate surface area is 152 Å². The van der Waals surface area contributed by atoms with Gasteiger partial charge in [-0.05, 0) is 62.9 Å². The predicted molar refractivity (Wildman–Crippen MR) is 102 cm³/mol. The van der Waals surface area contributed by atoms with Gasteiger partial charge in [0, 0.05) is 30.3 Å². The molecule has 0 bridgehead atoms. The number of nitrogens with one attached hydrogen (secondary N) is 1. The van der Waals surface area contributed by atoms with Crippen LogP contribution in [0.25, 0.3) is 33.4 Å². The fourth-order valence-electron chi connectivity index (χ4n) is 3.97. The minimum absolute atomic E-state index is 0.590. The summed E-state index contributed by atoms with van der Waals surface area (Å²) in [5.74, 6) is 2.55. The molecule has 0 amide bonds. The smallest absolute Gasteiger partial charge is 0.141 e. The van der Waals surface area contributed by atoms with Gasteiger partial charge in [0.1, 0.15) is 11.6 Å². The molecule has 0 unspecified atom stereocenters. The topological polar surface area (TPSA) is 59.6 Å². The van der Waals surface area contributed by atoms with Crippen molar-refractivity contribution in [1.29, 1.82) is 0 Å². The Balaban J connectivity index is 1.83. The van der Waals surface area contributed by atoms with E-state index in [9.17, 15) is 0 Å². The molecule has 3 heterocycles. The third-order valence-corrected chi connectivity index (χ3v) is 5.43. The summed E-state index contributed by atoms with van der Waals surface area (Å²) in [6.07, 6.45) is 4.57. The van der Waals surface area contributed by atoms with Gasteiger partial charge in [-0.25, -0.2) is 4.98 Å². The van der Waals surface area contributed by atoms with Crippen LogP contribution in [0, 0.1) is 20.8 Å². The summed E-state index contributed by atoms with van der Waals surface area (Å²) in [7, 11) is 2.09. The monoisotopic (exact) mass is 346 g/mol. The molecular formula is C21H22N4O. The number of hydrogen-bond acceptors (Lipinski definition) is 3. The average Bonchev–Trinajstić information content (AvgIpc) is 3.17. The lowest BCUT2D eigenvalue weighted by Gasteiger charge is -2.10. The molecule has 0 aliphatic heterocycles. The number of aryl methyl sites for hydroxylation is 4. The molecule has 1 aromatic carbocycles. The van der Waals surface area contributed by atoms with E-state index < -0.39 is 0 Å². The molecule has 0 spiro atoms. The van der Waals surface area contributed by atoms with Gasteiger partial charge in [0.25, 0.3) is 0 Å². The number of benzene rings is 1. The first-order chi connectivity index (χ1) is 12.5. The molecular weight excluding hydrogens is 324 g/mol. The van der Waals surface area contributed by atoms with Crippen LogP contribution < -0.4 is 0 Å². The van der Waals surface area contributed by atoms with Crippen molar-refractivity contribution in [1.82, 2.24) is 19.7 Å². The maximum absolute atomic E-state index is 5.41. The first kappa shape index (κ1) is 15.4. The molecule has 26 heavy (non-hydrogen) atoms. The summed E-state index contributed by atoms with van der Waals surface area (Å²) in [6.45, 7) is 6.11. The van der Waals surface area contributed by atoms with Crippen LogP contribution >= 0.6 is 0 Å². The molecule has 1 aliphatic carbocycles. The highest BCUT2D eigenvalue weighted by Gasteiger charge is 2.28. The maximum Gasteiger partial charge on any atom is 0.141 e. The number of hydrogen-bond donors (Lipinski definition) is 1. The van der Waals surface area contributed by atoms with Crippen LogP contribution in [0.4, 0.5) is 0 Å². The van der Waals surface area contributed by atoms with Crippen molar-refractivity contribution in [2.45, 2.75) is 39.5 Å². The first-order valence-electron chi connectivity index (χ1n) is 9.12. The summed E-state index contributed by atoms with van der Waals surface area (Å²) in [5.41, 5.74) is 8.87. The molecule has 1 saturated carbocycles. The van der Waals surface area contributed by atoms with Gasteiger partial charge in [0.2, 0.25) is 0 Å². The Morgan fingerprint density at radius 2 is 2.00 bits per heavy atom. The quantitative estimate of drug-likeness (QED) is 0.566. The molecule has 132 valence electrons. The van der Waals surface area contributed by atoms with Crippen LogP contribution in [0.2, 0.25) is 0 Å². The van der Waals surface area contributed by atoms with E-state index in [1.165, 1.54) is 29.7 Å². The largest absolute Gasteiger partial charge is 0.361 e. The van der Waals surface area contributed by atoms with Crippen molar-refractivity contribution < 1.29 is 4.52 Å². The SMILES string of the molecule is Cc1ccn(C)c1-c1cc(-c2c(C)noc2C)cc2nc(C3CC3)[nH]c12. The lowest BCUT2D eigenvalue weighted by atomic mass is 9.98. The number of aromatic amines is 1. The number of nitrogens with zero attached hydrogens (tertiary/aromatic N) is 3. The van der Waals surface area contributed by atoms with Crippen LogP contribution in [0.1, 0.15) is 41.6 Å². The third-order valence-electron chi connectivity index (χ3n) is 5.43. The first-order valence-corrected chi connectivity index (χ1v) is 9.12. The zero-order chi connectivity index (χ0) is 18.0. The summed E-state index contributed by atoms with van der Waals surface area (Å²) >= 11 is 0. The van der Waals surface area contributed by atoms with Crippen LogP contribution in [-0.4, -0.2) is 19.7 Å². The Morgan fingerprint density at radius 3 is 2.62 bits per heavy atom. The van der Waals surface area contributed by atoms with Gasteiger partial charge in [-0.1, -0.05) is 5.16 Å². The number of H-pyrrole nitrogens is 1. The Kier molecular flexibility index (Phi) is 3.17. The van der Waals surface area contributed by atoms with E-state index in [0.29, 0.717) is 5.92 Å². The summed E-state index contributed by atoms with van der Waals surface area (Å²) < 4.78 is 7.59. The number of rotatable bonds is 3. The second kappa shape index (κ2) is 5.34. The van der Waals surface area contributed by atoms with E-state index in [1.807, 2.05) is 13.8 Å². The van der Waals surface area contributed by atoms with Gasteiger partial charge in [0.05, 0.1) is 22.4 Å². The summed E-state index contributed by atoms with van der Waals surface area (Å²) in [6, 6.07) is 6.56. The summed E-state index contributed by atoms with van der Waals surface area (Å²) in [4.78, 5) is 8.53. The van der Waals surface area contributed by atoms with Gasteiger partial charge < -0.3 is 14.1 Å². The molecule has 5 rings (SSSR count). The van der Waals surface area contributed by atoms with E-state index in [4.69, 9.17) is 9.51 Å². The fraction of sp³-hybridized carbons (Fsp3) is 0.333. The standard InChI is InChI=1S/C21H22N4O/c1-11-7-8-25(4)20(11)16-9-15(18-12(2)24-26-13(18)3)10-17-19(16)23-21(22-17)14-5-6-14/h7-10,14H,5-6H2,1-4H3,(H,22,23). The number of aromatic nitrogens is 4. The van der Waals surface area contributed by atoms with Gasteiger partial charge >= 0.3 is 0 Å². The van der Waals surface area contributed by atoms with E-state index in [2.05, 4.69) is 53.1 Å². The van der Waals surface area contributed by atoms with Crippen molar-refractivity contribution in [2.24, 2.45) is 7.05 Å². The molecule has 1 fully saturated rings. The van der Waals surface area contributed by atoms with Gasteiger partial charge in [-0.15, -0.1) is 0 Å². The average molecular weight is 346 g/mol. The van der Waals surface area contributed by atoms with Crippen molar-refractivity contribution in [3.8, 4) is 22.4 Å². The van der Waals surface area contributed by atoms with Gasteiger partial charge in [-0.3, -0.25) is 0 Å². The zero-order valence-corrected chi connectivity index (χ0v) is 15.6. The normalized spacial score (nSPS) is 14.5. The van der Waals surface area contributed by atoms with Crippen molar-refractivity contribution in [2.75, 3.05) is 0 Å². The third kappa shape index (κ3) is 2.23. The zero-order valence-electron chi connectivity index (χ0n) is 15.6. The van der Waals surface area contributed by atoms with E-state index in [-0.39, 0.29) is 0 Å². The molecule has 5 heteroatoms. The molecule has 1 N–H and O–H groups in total. The van der Waals surface area contributed by atoms with Crippen LogP contribution in [-0.2, 0) is 7.05 Å². The maximum atomic E-state index is 5.41. The second-order valence-corrected chi connectivity index (χ2v) is 7.47. The fourth-order valence-corrected chi connectivity index (χ4v) is 3.97. The molecule has 0 saturated heterocycles. The minimum Gasteiger partial charge on any atom is -0.361 e. The molecule has 3 aromatic heterocycles. The van der Waals surface area contributed by atoms with Crippen molar-refractivity contribution in [3.63, 3.8) is 0 Å². The molecule has 4 aromatic rings. The second-order valence-electron chi connectivity index (χ2n) is 7.47. The lowest BCUT2D eigenvalue weighted by molar-refractivity contribution is 0.393. The predicted octanol–water partition coefficient (Wildman–Crippen LogP) is 5.03. The molecule has 1 aliphatic rings. The molecule has 5 nitrogen and oxygen atoms in total. The highest BCUT2D eigenvalue weighted by atomic mass is 16.5. The Morgan fingerprint density at radius 1 is 1.19 bits per heavy atom. The van der Waals surface area contributed by atoms with Crippen molar-refractivity contribution in [3.05, 3.63) is 47.2 Å². The van der Waals surface area contributed by atoms with E-state index in [0.717, 1.165) is 39.4 Å². The Hall–Kier alpha value is -2.82. The summed E-state index contributed by atoms with van der Waals surface area (Å²) in [5, 5.41) is 4.14. The van der Waals surface area contributed by atoms with E-state index in [1.54, 1.807) is 0 Å². The van der Waals surface area contributed by atoms with Crippen LogP contribution in [0.3, 0.4) is 0 Å². The lowest BCUT2D eigenvalue weighted by Crippen LogP contribution is -1.94. The minimum atomic E-state index is 0.590. The van der Waals surface area contributed by atoms with Crippen LogP contribution in [0.15, 0.2) is 28.9 Å². The van der Waals surface area contributed by atoms with Gasteiger partial charge in [-0.2, -0.15) is 0 Å². The Bertz CT molecular complexity index is 1100. The molecule has 0 radical (unpaired) electrons. The van der Waals surface area contributed by atoms with Crippen LogP contribution in [0.5, 0.6) is 0 Å². The highest BCUT2D eigenvalue weighted by Crippen LogP contribution is 2.42. The number of imidazole rings is 1.